The average Bonchev–Trinajstić information content (AvgIpc) is 2.93. The van der Waals surface area contributed by atoms with Gasteiger partial charge in [0.2, 0.25) is 0 Å². The molecule has 5 nitrogen and oxygen atoms in total. The molecule has 0 aliphatic rings. The molecule has 0 aromatic carbocycles. The smallest absolute Gasteiger partial charge is 0.149 e. The quantitative estimate of drug-likeness (QED) is 0.857. The summed E-state index contributed by atoms with van der Waals surface area (Å²) in [5.74, 6) is 0.533. The molecule has 2 heterocycles. The van der Waals surface area contributed by atoms with Crippen molar-refractivity contribution in [2.45, 2.75) is 26.8 Å². The zero-order valence-electron chi connectivity index (χ0n) is 11.3. The molecule has 0 amide bonds. The Hall–Kier alpha value is -1.18. The third kappa shape index (κ3) is 3.43. The van der Waals surface area contributed by atoms with Crippen LogP contribution in [0, 0.1) is 6.92 Å². The van der Waals surface area contributed by atoms with Gasteiger partial charge in [0.05, 0.1) is 12.2 Å². The van der Waals surface area contributed by atoms with Gasteiger partial charge in [0.15, 0.2) is 0 Å². The topological polar surface area (TPSA) is 73.1 Å². The number of aromatic nitrogens is 2. The molecule has 1 unspecified atom stereocenters. The zero-order chi connectivity index (χ0) is 13.8. The molecule has 2 aromatic heterocycles. The fourth-order valence-electron chi connectivity index (χ4n) is 1.64. The molecule has 2 aromatic rings. The van der Waals surface area contributed by atoms with Crippen LogP contribution in [0.4, 0.5) is 10.8 Å². The van der Waals surface area contributed by atoms with Crippen molar-refractivity contribution in [3.05, 3.63) is 11.1 Å². The van der Waals surface area contributed by atoms with E-state index >= 15 is 0 Å². The average molecular weight is 298 g/mol. The predicted molar refractivity (Wildman–Crippen MR) is 81.9 cm³/mol. The minimum Gasteiger partial charge on any atom is -0.382 e. The maximum absolute atomic E-state index is 5.95. The largest absolute Gasteiger partial charge is 0.382 e. The highest BCUT2D eigenvalue weighted by Gasteiger charge is 2.18. The molecule has 1 atom stereocenters. The summed E-state index contributed by atoms with van der Waals surface area (Å²) in [5.41, 5.74) is 7.86. The first-order valence-corrected chi connectivity index (χ1v) is 7.79. The second kappa shape index (κ2) is 6.31. The number of aryl methyl sites for hydroxylation is 1. The molecular weight excluding hydrogens is 280 g/mol. The maximum atomic E-state index is 5.95. The van der Waals surface area contributed by atoms with E-state index in [2.05, 4.69) is 21.6 Å². The molecule has 0 spiro atoms. The molecule has 19 heavy (non-hydrogen) atoms. The molecule has 3 N–H and O–H groups in total. The number of anilines is 2. The van der Waals surface area contributed by atoms with Crippen molar-refractivity contribution in [2.75, 3.05) is 24.3 Å². The van der Waals surface area contributed by atoms with Gasteiger partial charge in [-0.3, -0.25) is 0 Å². The minimum absolute atomic E-state index is 0.208. The van der Waals surface area contributed by atoms with Crippen LogP contribution in [0.3, 0.4) is 0 Å². The highest BCUT2D eigenvalue weighted by molar-refractivity contribution is 7.15. The van der Waals surface area contributed by atoms with Crippen LogP contribution in [0.1, 0.15) is 19.5 Å². The van der Waals surface area contributed by atoms with Gasteiger partial charge < -0.3 is 15.8 Å². The van der Waals surface area contributed by atoms with Crippen molar-refractivity contribution in [3.63, 3.8) is 0 Å². The second-order valence-electron chi connectivity index (χ2n) is 4.27. The minimum atomic E-state index is 0.208. The van der Waals surface area contributed by atoms with Crippen LogP contribution in [-0.4, -0.2) is 28.6 Å². The summed E-state index contributed by atoms with van der Waals surface area (Å²) in [6.45, 7) is 7.41. The van der Waals surface area contributed by atoms with Gasteiger partial charge in [0.25, 0.3) is 0 Å². The molecule has 0 fully saturated rings. The Morgan fingerprint density at radius 2 is 2.32 bits per heavy atom. The first-order chi connectivity index (χ1) is 9.11. The molecule has 0 aliphatic carbocycles. The number of hydrogen-bond acceptors (Lipinski definition) is 7. The van der Waals surface area contributed by atoms with Crippen molar-refractivity contribution < 1.29 is 4.74 Å². The Kier molecular flexibility index (Phi) is 4.73. The van der Waals surface area contributed by atoms with E-state index in [9.17, 15) is 0 Å². The first kappa shape index (κ1) is 14.2. The Bertz CT molecular complexity index is 538. The van der Waals surface area contributed by atoms with E-state index in [0.717, 1.165) is 27.9 Å². The summed E-state index contributed by atoms with van der Waals surface area (Å²) < 4.78 is 9.62. The lowest BCUT2D eigenvalue weighted by Gasteiger charge is -2.14. The van der Waals surface area contributed by atoms with E-state index in [1.54, 1.807) is 11.3 Å². The van der Waals surface area contributed by atoms with Crippen molar-refractivity contribution in [2.24, 2.45) is 0 Å². The fourth-order valence-corrected chi connectivity index (χ4v) is 3.38. The Balaban J connectivity index is 2.18. The van der Waals surface area contributed by atoms with Crippen LogP contribution in [0.5, 0.6) is 0 Å². The van der Waals surface area contributed by atoms with Crippen LogP contribution < -0.4 is 11.1 Å². The molecule has 104 valence electrons. The highest BCUT2D eigenvalue weighted by Crippen LogP contribution is 2.38. The SMILES string of the molecule is CCOCC(C)Nc1snc(N)c1-c1nc(C)cs1. The molecule has 7 heteroatoms. The van der Waals surface area contributed by atoms with E-state index in [4.69, 9.17) is 10.5 Å². The Labute approximate surface area is 121 Å². The van der Waals surface area contributed by atoms with E-state index in [1.165, 1.54) is 11.5 Å². The highest BCUT2D eigenvalue weighted by atomic mass is 32.1. The monoisotopic (exact) mass is 298 g/mol. The molecule has 2 rings (SSSR count). The third-order valence-electron chi connectivity index (χ3n) is 2.50. The summed E-state index contributed by atoms with van der Waals surface area (Å²) >= 11 is 2.95. The maximum Gasteiger partial charge on any atom is 0.149 e. The van der Waals surface area contributed by atoms with Gasteiger partial charge in [0.1, 0.15) is 15.8 Å². The van der Waals surface area contributed by atoms with E-state index in [1.807, 2.05) is 19.2 Å². The standard InChI is InChI=1S/C12H18N4OS2/c1-4-17-5-7(2)14-12-9(10(13)16-19-12)11-15-8(3)6-18-11/h6-7,14H,4-5H2,1-3H3,(H2,13,16). The fraction of sp³-hybridized carbons (Fsp3) is 0.500. The van der Waals surface area contributed by atoms with Crippen LogP contribution in [0.15, 0.2) is 5.38 Å². The molecule has 0 aliphatic heterocycles. The number of nitrogens with two attached hydrogens (primary N) is 1. The van der Waals surface area contributed by atoms with Gasteiger partial charge in [-0.15, -0.1) is 11.3 Å². The van der Waals surface area contributed by atoms with Crippen molar-refractivity contribution in [3.8, 4) is 10.6 Å². The number of rotatable bonds is 6. The molecule has 0 saturated heterocycles. The van der Waals surface area contributed by atoms with Crippen molar-refractivity contribution in [1.82, 2.24) is 9.36 Å². The molecular formula is C12H18N4OS2. The van der Waals surface area contributed by atoms with Gasteiger partial charge in [-0.1, -0.05) is 0 Å². The molecule has 0 radical (unpaired) electrons. The normalized spacial score (nSPS) is 12.6. The Morgan fingerprint density at radius 3 is 2.95 bits per heavy atom. The number of nitrogen functional groups attached to an aromatic ring is 1. The predicted octanol–water partition coefficient (Wildman–Crippen LogP) is 2.99. The van der Waals surface area contributed by atoms with Crippen LogP contribution in [0.25, 0.3) is 10.6 Å². The summed E-state index contributed by atoms with van der Waals surface area (Å²) in [6.07, 6.45) is 0. The van der Waals surface area contributed by atoms with Crippen LogP contribution in [-0.2, 0) is 4.74 Å². The van der Waals surface area contributed by atoms with Gasteiger partial charge in [-0.2, -0.15) is 4.37 Å². The van der Waals surface area contributed by atoms with E-state index in [-0.39, 0.29) is 6.04 Å². The van der Waals surface area contributed by atoms with Crippen LogP contribution >= 0.6 is 22.9 Å². The lowest BCUT2D eigenvalue weighted by Crippen LogP contribution is -2.21. The number of nitrogens with zero attached hydrogens (tertiary/aromatic N) is 2. The summed E-state index contributed by atoms with van der Waals surface area (Å²) in [7, 11) is 0. The summed E-state index contributed by atoms with van der Waals surface area (Å²) in [4.78, 5) is 4.48. The number of nitrogens with one attached hydrogen (secondary N) is 1. The van der Waals surface area contributed by atoms with Gasteiger partial charge >= 0.3 is 0 Å². The van der Waals surface area contributed by atoms with Crippen molar-refractivity contribution in [1.29, 1.82) is 0 Å². The van der Waals surface area contributed by atoms with Gasteiger partial charge in [-0.25, -0.2) is 4.98 Å². The summed E-state index contributed by atoms with van der Waals surface area (Å²) in [6, 6.07) is 0.208. The second-order valence-corrected chi connectivity index (χ2v) is 5.90. The lowest BCUT2D eigenvalue weighted by molar-refractivity contribution is 0.141. The van der Waals surface area contributed by atoms with Gasteiger partial charge in [0, 0.05) is 23.7 Å². The molecule has 0 saturated carbocycles. The number of thiazole rings is 1. The van der Waals surface area contributed by atoms with E-state index < -0.39 is 0 Å². The lowest BCUT2D eigenvalue weighted by atomic mass is 10.3. The Morgan fingerprint density at radius 1 is 1.53 bits per heavy atom. The first-order valence-electron chi connectivity index (χ1n) is 6.13. The molecule has 0 bridgehead atoms. The number of ether oxygens (including phenoxy) is 1. The summed E-state index contributed by atoms with van der Waals surface area (Å²) in [5, 5.41) is 7.27. The number of hydrogen-bond donors (Lipinski definition) is 2. The van der Waals surface area contributed by atoms with Crippen LogP contribution in [0.2, 0.25) is 0 Å². The van der Waals surface area contributed by atoms with E-state index in [0.29, 0.717) is 12.4 Å². The van der Waals surface area contributed by atoms with Crippen molar-refractivity contribution >= 4 is 33.7 Å². The third-order valence-corrected chi connectivity index (χ3v) is 4.27. The van der Waals surface area contributed by atoms with Gasteiger partial charge in [-0.05, 0) is 32.3 Å². The zero-order valence-corrected chi connectivity index (χ0v) is 12.9.